The number of hydrogen-bond donors (Lipinski definition) is 7. The molecule has 5 rings (SSSR count). The molecule has 0 aliphatic carbocycles. The zero-order valence-electron chi connectivity index (χ0n) is 30.9. The van der Waals surface area contributed by atoms with Gasteiger partial charge in [-0.15, -0.1) is 0 Å². The summed E-state index contributed by atoms with van der Waals surface area (Å²) in [6.07, 6.45) is 1.22. The van der Waals surface area contributed by atoms with Gasteiger partial charge in [0.1, 0.15) is 17.2 Å². The van der Waals surface area contributed by atoms with Crippen molar-refractivity contribution in [3.8, 4) is 23.3 Å². The minimum Gasteiger partial charge on any atom is -0.508 e. The molecule has 0 aliphatic heterocycles. The zero-order chi connectivity index (χ0) is 41.9. The third kappa shape index (κ3) is 10.8. The van der Waals surface area contributed by atoms with E-state index in [1.54, 1.807) is 49.4 Å². The predicted octanol–water partition coefficient (Wildman–Crippen LogP) is 6.96. The summed E-state index contributed by atoms with van der Waals surface area (Å²) in [7, 11) is 0. The number of nitrogens with one attached hydrogen (secondary N) is 3. The summed E-state index contributed by atoms with van der Waals surface area (Å²) >= 11 is 0. The van der Waals surface area contributed by atoms with Crippen molar-refractivity contribution in [3.63, 3.8) is 0 Å². The Morgan fingerprint density at radius 1 is 0.672 bits per heavy atom. The fourth-order valence-corrected chi connectivity index (χ4v) is 5.68. The molecule has 0 spiro atoms. The molecule has 0 aromatic heterocycles. The van der Waals surface area contributed by atoms with Gasteiger partial charge in [-0.2, -0.15) is 5.26 Å². The van der Waals surface area contributed by atoms with Crippen molar-refractivity contribution < 1.29 is 49.2 Å². The Morgan fingerprint density at radius 2 is 1.19 bits per heavy atom. The highest BCUT2D eigenvalue weighted by atomic mass is 16.4. The molecule has 0 heterocycles. The molecular weight excluding hydrogens is 745 g/mol. The lowest BCUT2D eigenvalue weighted by molar-refractivity contribution is -0.119. The number of carbonyl (C=O) groups excluding carboxylic acids is 5. The molecule has 0 aliphatic rings. The second kappa shape index (κ2) is 18.5. The maximum Gasteiger partial charge on any atom is 0.335 e. The number of phenols is 3. The number of benzene rings is 5. The molecule has 0 bridgehead atoms. The van der Waals surface area contributed by atoms with Crippen molar-refractivity contribution in [2.24, 2.45) is 5.92 Å². The number of carbonyl (C=O) groups is 6. The van der Waals surface area contributed by atoms with Crippen LogP contribution < -0.4 is 16.0 Å². The van der Waals surface area contributed by atoms with E-state index in [9.17, 15) is 49.3 Å². The Balaban J connectivity index is 1.15. The van der Waals surface area contributed by atoms with Crippen molar-refractivity contribution >= 4 is 58.4 Å². The Bertz CT molecular complexity index is 2470. The van der Waals surface area contributed by atoms with E-state index in [0.29, 0.717) is 11.1 Å². The maximum absolute atomic E-state index is 13.2. The van der Waals surface area contributed by atoms with E-state index < -0.39 is 46.9 Å². The van der Waals surface area contributed by atoms with Crippen LogP contribution in [0.4, 0.5) is 17.1 Å². The Hall–Kier alpha value is -8.05. The number of nitrogens with zero attached hydrogens (tertiary/aromatic N) is 1. The molecule has 5 aromatic rings. The van der Waals surface area contributed by atoms with Gasteiger partial charge < -0.3 is 36.4 Å². The summed E-state index contributed by atoms with van der Waals surface area (Å²) in [5.74, 6) is -5.71. The third-order valence-electron chi connectivity index (χ3n) is 8.90. The van der Waals surface area contributed by atoms with Gasteiger partial charge in [0.15, 0.2) is 11.6 Å². The number of Topliss-reactive ketones (excluding diaryl/α,β-unsaturated/α-hetero) is 2. The second-order valence-electron chi connectivity index (χ2n) is 13.1. The molecule has 0 fully saturated rings. The van der Waals surface area contributed by atoms with Crippen LogP contribution in [0.15, 0.2) is 115 Å². The first kappa shape index (κ1) is 41.1. The van der Waals surface area contributed by atoms with Crippen molar-refractivity contribution in [2.45, 2.75) is 26.2 Å². The fourth-order valence-electron chi connectivity index (χ4n) is 5.68. The molecule has 3 amide bonds. The number of nitriles is 1. The van der Waals surface area contributed by atoms with E-state index >= 15 is 0 Å². The Kier molecular flexibility index (Phi) is 13.1. The quantitative estimate of drug-likeness (QED) is 0.0423. The number of aromatic hydroxyl groups is 3. The van der Waals surface area contributed by atoms with Crippen LogP contribution >= 0.6 is 0 Å². The first-order valence-electron chi connectivity index (χ1n) is 17.6. The van der Waals surface area contributed by atoms with Gasteiger partial charge >= 0.3 is 5.97 Å². The second-order valence-corrected chi connectivity index (χ2v) is 13.1. The first-order valence-corrected chi connectivity index (χ1v) is 17.6. The molecule has 292 valence electrons. The molecule has 0 saturated heterocycles. The molecule has 0 unspecified atom stereocenters. The van der Waals surface area contributed by atoms with E-state index in [1.165, 1.54) is 60.7 Å². The van der Waals surface area contributed by atoms with Crippen molar-refractivity contribution in [3.05, 3.63) is 148 Å². The number of allylic oxidation sites excluding steroid dienone is 1. The maximum atomic E-state index is 13.2. The van der Waals surface area contributed by atoms with E-state index in [1.807, 2.05) is 6.07 Å². The van der Waals surface area contributed by atoms with Crippen LogP contribution in [0.5, 0.6) is 17.2 Å². The summed E-state index contributed by atoms with van der Waals surface area (Å²) in [5.41, 5.74) is 2.40. The summed E-state index contributed by atoms with van der Waals surface area (Å²) in [6, 6.07) is 27.5. The van der Waals surface area contributed by atoms with Crippen LogP contribution in [0.2, 0.25) is 0 Å². The SMILES string of the molecule is C/C(=C\c1ccc(O)cc1)C(=O)Cc1ccc(C(=O)C[C@@H](CC#N)C(=O)Nc2ccc(C(=O)Nc3ccc(C(=O)Nc4ccc(C(=O)O)cc4)c(O)c3)c(O)c2)cc1. The molecule has 0 radical (unpaired) electrons. The minimum absolute atomic E-state index is 0.0277. The number of rotatable bonds is 15. The number of phenolic OH excluding ortho intramolecular Hbond substituents is 3. The van der Waals surface area contributed by atoms with Gasteiger partial charge in [0.25, 0.3) is 11.8 Å². The van der Waals surface area contributed by atoms with Crippen molar-refractivity contribution in [1.29, 1.82) is 5.26 Å². The first-order chi connectivity index (χ1) is 27.7. The summed E-state index contributed by atoms with van der Waals surface area (Å²) in [5, 5.41) is 56.6. The van der Waals surface area contributed by atoms with Gasteiger partial charge in [0.05, 0.1) is 28.7 Å². The number of ketones is 2. The van der Waals surface area contributed by atoms with Crippen molar-refractivity contribution in [1.82, 2.24) is 0 Å². The van der Waals surface area contributed by atoms with Crippen LogP contribution in [-0.4, -0.2) is 55.7 Å². The van der Waals surface area contributed by atoms with E-state index in [0.717, 1.165) is 17.7 Å². The van der Waals surface area contributed by atoms with Crippen LogP contribution in [0, 0.1) is 17.2 Å². The van der Waals surface area contributed by atoms with Crippen LogP contribution in [-0.2, 0) is 16.0 Å². The zero-order valence-corrected chi connectivity index (χ0v) is 30.9. The normalized spacial score (nSPS) is 11.4. The number of amides is 3. The highest BCUT2D eigenvalue weighted by molar-refractivity contribution is 6.09. The molecule has 7 N–H and O–H groups in total. The predicted molar refractivity (Wildman–Crippen MR) is 214 cm³/mol. The van der Waals surface area contributed by atoms with Crippen LogP contribution in [0.3, 0.4) is 0 Å². The highest BCUT2D eigenvalue weighted by Crippen LogP contribution is 2.27. The van der Waals surface area contributed by atoms with Gasteiger partial charge in [0, 0.05) is 54.0 Å². The molecule has 58 heavy (non-hydrogen) atoms. The standard InChI is InChI=1S/C44H36N4O10/c1-25(20-26-4-14-34(49)15-5-26)37(50)21-27-2-6-28(7-3-27)38(51)22-30(18-19-45)41(54)47-32-12-16-36(39(52)23-32)43(56)48-33-13-17-35(40(53)24-33)42(55)46-31-10-8-29(9-11-31)44(57)58/h2-17,20,23-24,30,49,52-53H,18,21-22H2,1H3,(H,46,55)(H,47,54)(H,48,56)(H,57,58)/b25-20+/t30-/m1/s1. The number of aromatic carboxylic acids is 1. The average molecular weight is 781 g/mol. The van der Waals surface area contributed by atoms with Crippen LogP contribution in [0.1, 0.15) is 72.3 Å². The number of carboxylic acid groups (broad SMARTS) is 1. The Labute approximate surface area is 331 Å². The third-order valence-corrected chi connectivity index (χ3v) is 8.90. The van der Waals surface area contributed by atoms with Crippen molar-refractivity contribution in [2.75, 3.05) is 16.0 Å². The number of hydrogen-bond acceptors (Lipinski definition) is 10. The molecule has 5 aromatic carbocycles. The molecule has 14 heteroatoms. The van der Waals surface area contributed by atoms with Gasteiger partial charge in [-0.1, -0.05) is 36.4 Å². The van der Waals surface area contributed by atoms with E-state index in [-0.39, 0.29) is 70.1 Å². The molecule has 1 atom stereocenters. The summed E-state index contributed by atoms with van der Waals surface area (Å²) in [6.45, 7) is 1.69. The molecule has 14 nitrogen and oxygen atoms in total. The summed E-state index contributed by atoms with van der Waals surface area (Å²) < 4.78 is 0. The van der Waals surface area contributed by atoms with Gasteiger partial charge in [-0.25, -0.2) is 4.79 Å². The van der Waals surface area contributed by atoms with Gasteiger partial charge in [-0.3, -0.25) is 24.0 Å². The largest absolute Gasteiger partial charge is 0.508 e. The Morgan fingerprint density at radius 3 is 1.72 bits per heavy atom. The lowest BCUT2D eigenvalue weighted by Gasteiger charge is -2.15. The van der Waals surface area contributed by atoms with Gasteiger partial charge in [0.2, 0.25) is 5.91 Å². The average Bonchev–Trinajstić information content (AvgIpc) is 3.19. The monoisotopic (exact) mass is 780 g/mol. The minimum atomic E-state index is -1.13. The summed E-state index contributed by atoms with van der Waals surface area (Å²) in [4.78, 5) is 75.8. The van der Waals surface area contributed by atoms with Gasteiger partial charge in [-0.05, 0) is 90.4 Å². The topological polar surface area (TPSA) is 243 Å². The number of anilines is 3. The van der Waals surface area contributed by atoms with Crippen LogP contribution in [0.25, 0.3) is 6.08 Å². The van der Waals surface area contributed by atoms with E-state index in [2.05, 4.69) is 16.0 Å². The smallest absolute Gasteiger partial charge is 0.335 e. The molecular formula is C44H36N4O10. The highest BCUT2D eigenvalue weighted by Gasteiger charge is 2.24. The van der Waals surface area contributed by atoms with E-state index in [4.69, 9.17) is 5.11 Å². The lowest BCUT2D eigenvalue weighted by Crippen LogP contribution is -2.25. The fraction of sp³-hybridized carbons (Fsp3) is 0.114. The number of carboxylic acids is 1. The molecule has 0 saturated carbocycles. The lowest BCUT2D eigenvalue weighted by atomic mass is 9.94.